The Morgan fingerprint density at radius 1 is 1.22 bits per heavy atom. The number of likely N-dealkylation sites (N-methyl/N-ethyl adjacent to an activating group) is 1. The van der Waals surface area contributed by atoms with E-state index in [9.17, 15) is 4.39 Å². The molecule has 1 aromatic carbocycles. The molecule has 3 heteroatoms. The highest BCUT2D eigenvalue weighted by atomic mass is 19.1. The van der Waals surface area contributed by atoms with Gasteiger partial charge in [0.1, 0.15) is 5.82 Å². The van der Waals surface area contributed by atoms with Crippen LogP contribution in [0.15, 0.2) is 24.3 Å². The lowest BCUT2D eigenvalue weighted by Gasteiger charge is -2.40. The van der Waals surface area contributed by atoms with E-state index >= 15 is 0 Å². The van der Waals surface area contributed by atoms with Gasteiger partial charge in [-0.1, -0.05) is 32.9 Å². The summed E-state index contributed by atoms with van der Waals surface area (Å²) in [6, 6.07) is 7.13. The summed E-state index contributed by atoms with van der Waals surface area (Å²) in [6.07, 6.45) is 0. The molecule has 0 radical (unpaired) electrons. The molecule has 2 N–H and O–H groups in total. The Morgan fingerprint density at radius 3 is 2.11 bits per heavy atom. The van der Waals surface area contributed by atoms with E-state index in [0.29, 0.717) is 12.6 Å². The minimum absolute atomic E-state index is 0.125. The first kappa shape index (κ1) is 15.1. The summed E-state index contributed by atoms with van der Waals surface area (Å²) in [4.78, 5) is 2.27. The van der Waals surface area contributed by atoms with E-state index in [1.807, 2.05) is 12.1 Å². The molecule has 0 aromatic heterocycles. The van der Waals surface area contributed by atoms with Crippen LogP contribution in [0.4, 0.5) is 4.39 Å². The van der Waals surface area contributed by atoms with E-state index in [1.54, 1.807) is 0 Å². The summed E-state index contributed by atoms with van der Waals surface area (Å²) in [6.45, 7) is 9.37. The maximum Gasteiger partial charge on any atom is 0.123 e. The van der Waals surface area contributed by atoms with Gasteiger partial charge in [-0.25, -0.2) is 4.39 Å². The van der Waals surface area contributed by atoms with Gasteiger partial charge in [-0.2, -0.15) is 0 Å². The topological polar surface area (TPSA) is 29.3 Å². The van der Waals surface area contributed by atoms with Gasteiger partial charge >= 0.3 is 0 Å². The van der Waals surface area contributed by atoms with Crippen molar-refractivity contribution in [2.24, 2.45) is 11.1 Å². The van der Waals surface area contributed by atoms with Gasteiger partial charge in [0.05, 0.1) is 0 Å². The molecular weight excluding hydrogens is 227 g/mol. The van der Waals surface area contributed by atoms with Crippen molar-refractivity contribution in [1.82, 2.24) is 4.90 Å². The molecule has 2 atom stereocenters. The van der Waals surface area contributed by atoms with Crippen molar-refractivity contribution in [2.45, 2.75) is 39.8 Å². The fraction of sp³-hybridized carbons (Fsp3) is 0.600. The van der Waals surface area contributed by atoms with Crippen LogP contribution in [-0.4, -0.2) is 24.5 Å². The van der Waals surface area contributed by atoms with Crippen molar-refractivity contribution in [3.05, 3.63) is 35.6 Å². The third-order valence-corrected chi connectivity index (χ3v) is 3.83. The van der Waals surface area contributed by atoms with Gasteiger partial charge in [-0.3, -0.25) is 4.90 Å². The molecule has 0 saturated carbocycles. The highest BCUT2D eigenvalue weighted by Gasteiger charge is 2.28. The van der Waals surface area contributed by atoms with Crippen LogP contribution in [-0.2, 0) is 0 Å². The molecule has 0 fully saturated rings. The SMILES string of the molecule is CC(N(C)C(CN)c1ccc(F)cc1)C(C)(C)C. The molecule has 1 aromatic rings. The largest absolute Gasteiger partial charge is 0.329 e. The van der Waals surface area contributed by atoms with Crippen LogP contribution >= 0.6 is 0 Å². The molecule has 0 spiro atoms. The van der Waals surface area contributed by atoms with Crippen molar-refractivity contribution >= 4 is 0 Å². The van der Waals surface area contributed by atoms with E-state index in [-0.39, 0.29) is 17.3 Å². The van der Waals surface area contributed by atoms with E-state index in [4.69, 9.17) is 5.73 Å². The number of hydrogen-bond donors (Lipinski definition) is 1. The van der Waals surface area contributed by atoms with Gasteiger partial charge in [-0.05, 0) is 37.1 Å². The average Bonchev–Trinajstić information content (AvgIpc) is 2.30. The molecule has 1 rings (SSSR count). The molecule has 0 bridgehead atoms. The Kier molecular flexibility index (Phi) is 4.88. The summed E-state index contributed by atoms with van der Waals surface area (Å²) in [7, 11) is 2.08. The Labute approximate surface area is 110 Å². The van der Waals surface area contributed by atoms with Gasteiger partial charge in [0, 0.05) is 18.6 Å². The maximum absolute atomic E-state index is 13.0. The van der Waals surface area contributed by atoms with Crippen LogP contribution in [0.1, 0.15) is 39.3 Å². The van der Waals surface area contributed by atoms with E-state index in [0.717, 1.165) is 5.56 Å². The quantitative estimate of drug-likeness (QED) is 0.891. The smallest absolute Gasteiger partial charge is 0.123 e. The Hall–Kier alpha value is -0.930. The zero-order valence-corrected chi connectivity index (χ0v) is 12.1. The Balaban J connectivity index is 2.93. The van der Waals surface area contributed by atoms with Gasteiger partial charge in [0.2, 0.25) is 0 Å². The minimum atomic E-state index is -0.207. The van der Waals surface area contributed by atoms with Gasteiger partial charge < -0.3 is 5.73 Å². The summed E-state index contributed by atoms with van der Waals surface area (Å²) in [5.74, 6) is -0.207. The predicted molar refractivity (Wildman–Crippen MR) is 74.9 cm³/mol. The Bertz CT molecular complexity index is 367. The standard InChI is InChI=1S/C15H25FN2/c1-11(15(2,3)4)18(5)14(10-17)12-6-8-13(16)9-7-12/h6-9,11,14H,10,17H2,1-5H3. The average molecular weight is 252 g/mol. The first-order valence-electron chi connectivity index (χ1n) is 6.45. The van der Waals surface area contributed by atoms with E-state index in [1.165, 1.54) is 12.1 Å². The van der Waals surface area contributed by atoms with Crippen LogP contribution < -0.4 is 5.73 Å². The van der Waals surface area contributed by atoms with Crippen molar-refractivity contribution in [1.29, 1.82) is 0 Å². The van der Waals surface area contributed by atoms with Gasteiger partial charge in [-0.15, -0.1) is 0 Å². The summed E-state index contributed by atoms with van der Waals surface area (Å²) < 4.78 is 13.0. The Morgan fingerprint density at radius 2 is 1.72 bits per heavy atom. The lowest BCUT2D eigenvalue weighted by molar-refractivity contribution is 0.100. The second-order valence-electron chi connectivity index (χ2n) is 6.01. The molecule has 0 aliphatic heterocycles. The van der Waals surface area contributed by atoms with Crippen LogP contribution in [0.2, 0.25) is 0 Å². The van der Waals surface area contributed by atoms with Crippen LogP contribution in [0.5, 0.6) is 0 Å². The zero-order chi connectivity index (χ0) is 13.9. The fourth-order valence-electron chi connectivity index (χ4n) is 2.10. The highest BCUT2D eigenvalue weighted by Crippen LogP contribution is 2.29. The normalized spacial score (nSPS) is 15.8. The third-order valence-electron chi connectivity index (χ3n) is 3.83. The lowest BCUT2D eigenvalue weighted by Crippen LogP contribution is -2.43. The molecule has 2 unspecified atom stereocenters. The molecule has 0 amide bonds. The first-order chi connectivity index (χ1) is 8.27. The van der Waals surface area contributed by atoms with Gasteiger partial charge in [0.15, 0.2) is 0 Å². The van der Waals surface area contributed by atoms with Crippen molar-refractivity contribution in [3.8, 4) is 0 Å². The number of nitrogens with zero attached hydrogens (tertiary/aromatic N) is 1. The molecule has 0 saturated heterocycles. The number of benzene rings is 1. The third kappa shape index (κ3) is 3.53. The van der Waals surface area contributed by atoms with Crippen molar-refractivity contribution < 1.29 is 4.39 Å². The maximum atomic E-state index is 13.0. The molecular formula is C15H25FN2. The molecule has 0 aliphatic carbocycles. The monoisotopic (exact) mass is 252 g/mol. The minimum Gasteiger partial charge on any atom is -0.329 e. The second kappa shape index (κ2) is 5.81. The molecule has 0 aliphatic rings. The lowest BCUT2D eigenvalue weighted by atomic mass is 9.86. The first-order valence-corrected chi connectivity index (χ1v) is 6.45. The van der Waals surface area contributed by atoms with E-state index < -0.39 is 0 Å². The molecule has 0 heterocycles. The van der Waals surface area contributed by atoms with Crippen LogP contribution in [0.25, 0.3) is 0 Å². The van der Waals surface area contributed by atoms with Gasteiger partial charge in [0.25, 0.3) is 0 Å². The second-order valence-corrected chi connectivity index (χ2v) is 6.01. The zero-order valence-electron chi connectivity index (χ0n) is 12.1. The molecule has 18 heavy (non-hydrogen) atoms. The van der Waals surface area contributed by atoms with Crippen LogP contribution in [0, 0.1) is 11.2 Å². The number of nitrogens with two attached hydrogens (primary N) is 1. The van der Waals surface area contributed by atoms with E-state index in [2.05, 4.69) is 39.6 Å². The molecule has 2 nitrogen and oxygen atoms in total. The number of rotatable bonds is 4. The highest BCUT2D eigenvalue weighted by molar-refractivity contribution is 5.20. The van der Waals surface area contributed by atoms with Crippen molar-refractivity contribution in [3.63, 3.8) is 0 Å². The predicted octanol–water partition coefficient (Wildman–Crippen LogP) is 3.19. The van der Waals surface area contributed by atoms with Crippen LogP contribution in [0.3, 0.4) is 0 Å². The number of hydrogen-bond acceptors (Lipinski definition) is 2. The summed E-state index contributed by atoms with van der Waals surface area (Å²) in [5, 5.41) is 0. The van der Waals surface area contributed by atoms with Crippen molar-refractivity contribution in [2.75, 3.05) is 13.6 Å². The summed E-state index contributed by atoms with van der Waals surface area (Å²) in [5.41, 5.74) is 7.14. The fourth-order valence-corrected chi connectivity index (χ4v) is 2.10. The molecule has 102 valence electrons. The summed E-state index contributed by atoms with van der Waals surface area (Å²) >= 11 is 0. The number of halogens is 1.